The number of rotatable bonds is 6. The maximum Gasteiger partial charge on any atom is 0.263 e. The monoisotopic (exact) mass is 563 g/mol. The third kappa shape index (κ3) is 5.56. The Bertz CT molecular complexity index is 1400. The number of hydrogen-bond acceptors (Lipinski definition) is 7. The first kappa shape index (κ1) is 25.8. The summed E-state index contributed by atoms with van der Waals surface area (Å²) in [5.74, 6) is 0.132. The van der Waals surface area contributed by atoms with Gasteiger partial charge in [-0.3, -0.25) is 9.52 Å². The number of amides is 1. The third-order valence-corrected chi connectivity index (χ3v) is 9.56. The van der Waals surface area contributed by atoms with Crippen molar-refractivity contribution in [3.05, 3.63) is 64.1 Å². The molecular formula is C26H34ClN5O3S2. The highest BCUT2D eigenvalue weighted by molar-refractivity contribution is 7.93. The predicted molar refractivity (Wildman–Crippen MR) is 154 cm³/mol. The SMILES string of the molecule is Cc1csc(NS(=O)(=O)c2ccc(N3CCN(C(=O)[C@H](C)N4CCCc5cc(Cl)ccc54)CC3)cc2)n1.[HH].[HH]. The number of carbonyl (C=O) groups is 1. The molecule has 0 bridgehead atoms. The Balaban J connectivity index is 0.00000210. The Morgan fingerprint density at radius 3 is 2.51 bits per heavy atom. The molecule has 0 saturated carbocycles. The van der Waals surface area contributed by atoms with Crippen LogP contribution in [-0.2, 0) is 21.2 Å². The zero-order valence-corrected chi connectivity index (χ0v) is 23.2. The molecule has 3 heterocycles. The van der Waals surface area contributed by atoms with Crippen LogP contribution in [0.4, 0.5) is 16.5 Å². The van der Waals surface area contributed by atoms with Crippen LogP contribution < -0.4 is 14.5 Å². The smallest absolute Gasteiger partial charge is 0.263 e. The van der Waals surface area contributed by atoms with E-state index in [2.05, 4.69) is 19.5 Å². The molecule has 1 saturated heterocycles. The molecule has 0 spiro atoms. The second-order valence-corrected chi connectivity index (χ2v) is 12.4. The Morgan fingerprint density at radius 2 is 1.84 bits per heavy atom. The average molecular weight is 564 g/mol. The van der Waals surface area contributed by atoms with Gasteiger partial charge in [0.15, 0.2) is 5.13 Å². The van der Waals surface area contributed by atoms with Crippen LogP contribution in [-0.4, -0.2) is 63.0 Å². The number of nitrogens with zero attached hydrogens (tertiary/aromatic N) is 4. The minimum absolute atomic E-state index is 0. The quantitative estimate of drug-likeness (QED) is 0.460. The molecule has 1 amide bonds. The summed E-state index contributed by atoms with van der Waals surface area (Å²) in [7, 11) is -3.70. The molecule has 0 unspecified atom stereocenters. The Kier molecular flexibility index (Phi) is 7.33. The zero-order chi connectivity index (χ0) is 26.2. The molecule has 8 nitrogen and oxygen atoms in total. The summed E-state index contributed by atoms with van der Waals surface area (Å²) in [5.41, 5.74) is 4.01. The fourth-order valence-electron chi connectivity index (χ4n) is 4.99. The van der Waals surface area contributed by atoms with Crippen LogP contribution in [0.1, 0.15) is 27.5 Å². The molecule has 1 N–H and O–H groups in total. The number of fused-ring (bicyclic) bond motifs is 1. The van der Waals surface area contributed by atoms with E-state index in [4.69, 9.17) is 11.6 Å². The van der Waals surface area contributed by atoms with E-state index in [0.717, 1.165) is 41.5 Å². The summed E-state index contributed by atoms with van der Waals surface area (Å²) < 4.78 is 27.9. The van der Waals surface area contributed by atoms with Crippen LogP contribution >= 0.6 is 22.9 Å². The summed E-state index contributed by atoms with van der Waals surface area (Å²) in [6.07, 6.45) is 1.98. The first-order chi connectivity index (χ1) is 17.7. The van der Waals surface area contributed by atoms with E-state index in [-0.39, 0.29) is 19.7 Å². The van der Waals surface area contributed by atoms with E-state index in [9.17, 15) is 13.2 Å². The van der Waals surface area contributed by atoms with E-state index < -0.39 is 10.0 Å². The lowest BCUT2D eigenvalue weighted by Gasteiger charge is -2.41. The second kappa shape index (κ2) is 10.5. The highest BCUT2D eigenvalue weighted by atomic mass is 35.5. The average Bonchev–Trinajstić information content (AvgIpc) is 3.31. The van der Waals surface area contributed by atoms with Crippen molar-refractivity contribution in [3.63, 3.8) is 0 Å². The van der Waals surface area contributed by atoms with Crippen molar-refractivity contribution in [2.24, 2.45) is 0 Å². The van der Waals surface area contributed by atoms with Crippen molar-refractivity contribution in [2.45, 2.75) is 37.6 Å². The molecule has 11 heteroatoms. The topological polar surface area (TPSA) is 85.8 Å². The first-order valence-electron chi connectivity index (χ1n) is 12.3. The highest BCUT2D eigenvalue weighted by Crippen LogP contribution is 2.31. The van der Waals surface area contributed by atoms with Crippen molar-refractivity contribution in [1.29, 1.82) is 0 Å². The zero-order valence-electron chi connectivity index (χ0n) is 20.9. The lowest BCUT2D eigenvalue weighted by Crippen LogP contribution is -2.55. The molecule has 5 rings (SSSR count). The number of carbonyl (C=O) groups excluding carboxylic acids is 1. The number of sulfonamides is 1. The molecular weight excluding hydrogens is 530 g/mol. The normalized spacial score (nSPS) is 16.9. The number of benzene rings is 2. The van der Waals surface area contributed by atoms with Crippen LogP contribution in [0.3, 0.4) is 0 Å². The molecule has 200 valence electrons. The van der Waals surface area contributed by atoms with Gasteiger partial charge in [0.05, 0.1) is 10.6 Å². The number of nitrogens with one attached hydrogen (secondary N) is 1. The summed E-state index contributed by atoms with van der Waals surface area (Å²) in [6.45, 7) is 7.28. The Morgan fingerprint density at radius 1 is 1.11 bits per heavy atom. The van der Waals surface area contributed by atoms with Crippen molar-refractivity contribution < 1.29 is 16.1 Å². The number of halogens is 1. The van der Waals surface area contributed by atoms with E-state index >= 15 is 0 Å². The van der Waals surface area contributed by atoms with Gasteiger partial charge in [0.2, 0.25) is 5.91 Å². The van der Waals surface area contributed by atoms with Crippen LogP contribution in [0.2, 0.25) is 5.02 Å². The van der Waals surface area contributed by atoms with Gasteiger partial charge in [-0.2, -0.15) is 0 Å². The van der Waals surface area contributed by atoms with Crippen molar-refractivity contribution >= 4 is 55.4 Å². The molecule has 2 aliphatic heterocycles. The summed E-state index contributed by atoms with van der Waals surface area (Å²) in [4.78, 5) is 24.1. The molecule has 3 aromatic rings. The van der Waals surface area contributed by atoms with Gasteiger partial charge in [0.25, 0.3) is 10.0 Å². The van der Waals surface area contributed by atoms with Crippen LogP contribution in [0.25, 0.3) is 0 Å². The minimum Gasteiger partial charge on any atom is -0.368 e. The van der Waals surface area contributed by atoms with Gasteiger partial charge < -0.3 is 14.7 Å². The fraction of sp³-hybridized carbons (Fsp3) is 0.385. The summed E-state index contributed by atoms with van der Waals surface area (Å²) >= 11 is 7.44. The lowest BCUT2D eigenvalue weighted by atomic mass is 10.00. The third-order valence-electron chi connectivity index (χ3n) is 6.97. The number of aromatic nitrogens is 1. The maximum absolute atomic E-state index is 13.4. The first-order valence-corrected chi connectivity index (χ1v) is 15.1. The molecule has 1 aromatic heterocycles. The molecule has 2 aromatic carbocycles. The minimum atomic E-state index is -3.70. The Hall–Kier alpha value is -2.82. The van der Waals surface area contributed by atoms with Gasteiger partial charge in [-0.1, -0.05) is 11.6 Å². The van der Waals surface area contributed by atoms with Crippen LogP contribution in [0, 0.1) is 6.92 Å². The maximum atomic E-state index is 13.4. The highest BCUT2D eigenvalue weighted by Gasteiger charge is 2.31. The van der Waals surface area contributed by atoms with Crippen molar-refractivity contribution in [1.82, 2.24) is 9.88 Å². The largest absolute Gasteiger partial charge is 0.368 e. The summed E-state index contributed by atoms with van der Waals surface area (Å²) in [5, 5.41) is 2.88. The standard InChI is InChI=1S/C26H30ClN5O3S2.2H2/c1-18-17-36-26(28-18)29-37(34,35)23-8-6-22(7-9-23)30-12-14-31(15-13-30)25(33)19(2)32-11-3-4-20-16-21(27)5-10-24(20)32;;/h5-10,16-17,19H,3-4,11-15H2,1-2H3,(H,28,29);2*1H/t19-;;/m0../s1. The molecule has 2 aliphatic rings. The van der Waals surface area contributed by atoms with Gasteiger partial charge >= 0.3 is 0 Å². The number of aryl methyl sites for hydroxylation is 2. The van der Waals surface area contributed by atoms with Crippen molar-refractivity contribution in [3.8, 4) is 0 Å². The molecule has 0 radical (unpaired) electrons. The number of thiazole rings is 1. The van der Waals surface area contributed by atoms with Crippen LogP contribution in [0.5, 0.6) is 0 Å². The van der Waals surface area contributed by atoms with Gasteiger partial charge in [-0.05, 0) is 74.7 Å². The van der Waals surface area contributed by atoms with E-state index in [0.29, 0.717) is 31.3 Å². The van der Waals surface area contributed by atoms with Crippen LogP contribution in [0.15, 0.2) is 52.7 Å². The van der Waals surface area contributed by atoms with Gasteiger partial charge in [0.1, 0.15) is 6.04 Å². The lowest BCUT2D eigenvalue weighted by molar-refractivity contribution is -0.132. The van der Waals surface area contributed by atoms with Gasteiger partial charge in [0, 0.05) is 57.4 Å². The number of hydrogen-bond donors (Lipinski definition) is 1. The predicted octanol–water partition coefficient (Wildman–Crippen LogP) is 4.89. The number of piperazine rings is 1. The molecule has 1 atom stereocenters. The number of anilines is 3. The van der Waals surface area contributed by atoms with E-state index in [1.54, 1.807) is 17.5 Å². The molecule has 0 aliphatic carbocycles. The van der Waals surface area contributed by atoms with E-state index in [1.165, 1.54) is 16.9 Å². The van der Waals surface area contributed by atoms with Crippen molar-refractivity contribution in [2.75, 3.05) is 47.2 Å². The fourth-order valence-corrected chi connectivity index (χ4v) is 7.13. The molecule has 1 fully saturated rings. The Labute approximate surface area is 229 Å². The van der Waals surface area contributed by atoms with E-state index in [1.807, 2.05) is 49.1 Å². The second-order valence-electron chi connectivity index (χ2n) is 9.45. The van der Waals surface area contributed by atoms with Gasteiger partial charge in [-0.25, -0.2) is 13.4 Å². The summed E-state index contributed by atoms with van der Waals surface area (Å²) in [6, 6.07) is 12.5. The molecule has 37 heavy (non-hydrogen) atoms. The van der Waals surface area contributed by atoms with Gasteiger partial charge in [-0.15, -0.1) is 11.3 Å².